The van der Waals surface area contributed by atoms with Crippen molar-refractivity contribution in [3.05, 3.63) is 41.4 Å². The van der Waals surface area contributed by atoms with E-state index < -0.39 is 0 Å². The highest BCUT2D eigenvalue weighted by Crippen LogP contribution is 2.33. The summed E-state index contributed by atoms with van der Waals surface area (Å²) >= 11 is 7.36. The van der Waals surface area contributed by atoms with E-state index in [1.54, 1.807) is 0 Å². The van der Waals surface area contributed by atoms with Crippen molar-refractivity contribution < 1.29 is 0 Å². The largest absolute Gasteiger partial charge is 0.384 e. The number of nitrogen functional groups attached to an aromatic ring is 1. The first-order chi connectivity index (χ1) is 9.61. The molecule has 102 valence electrons. The number of pyridine rings is 1. The van der Waals surface area contributed by atoms with Crippen LogP contribution in [0.15, 0.2) is 35.7 Å². The van der Waals surface area contributed by atoms with E-state index in [1.807, 2.05) is 25.4 Å². The third kappa shape index (κ3) is 2.71. The third-order valence-electron chi connectivity index (χ3n) is 2.85. The average molecular weight is 306 g/mol. The SMILES string of the molecule is CC(Sc1nc(N)cc(Cl)n1)c1cc2cc[nH]c2cn1. The minimum Gasteiger partial charge on any atom is -0.384 e. The molecule has 3 aromatic heterocycles. The Hall–Kier alpha value is -1.79. The minimum atomic E-state index is 0.104. The minimum absolute atomic E-state index is 0.104. The number of nitrogens with two attached hydrogens (primary N) is 1. The number of aromatic amines is 1. The average Bonchev–Trinajstić information content (AvgIpc) is 2.84. The van der Waals surface area contributed by atoms with Gasteiger partial charge < -0.3 is 10.7 Å². The summed E-state index contributed by atoms with van der Waals surface area (Å²) in [5.41, 5.74) is 7.65. The van der Waals surface area contributed by atoms with Crippen molar-refractivity contribution in [2.24, 2.45) is 0 Å². The van der Waals surface area contributed by atoms with Crippen LogP contribution in [-0.4, -0.2) is 19.9 Å². The Balaban J connectivity index is 1.86. The summed E-state index contributed by atoms with van der Waals surface area (Å²) in [7, 11) is 0. The van der Waals surface area contributed by atoms with Crippen LogP contribution in [0.2, 0.25) is 5.15 Å². The highest BCUT2D eigenvalue weighted by atomic mass is 35.5. The topological polar surface area (TPSA) is 80.5 Å². The van der Waals surface area contributed by atoms with Crippen molar-refractivity contribution in [1.29, 1.82) is 0 Å². The molecule has 3 rings (SSSR count). The zero-order valence-electron chi connectivity index (χ0n) is 10.7. The fraction of sp³-hybridized carbons (Fsp3) is 0.154. The van der Waals surface area contributed by atoms with Crippen LogP contribution in [0.1, 0.15) is 17.9 Å². The van der Waals surface area contributed by atoms with E-state index in [-0.39, 0.29) is 5.25 Å². The van der Waals surface area contributed by atoms with Gasteiger partial charge in [0.2, 0.25) is 0 Å². The van der Waals surface area contributed by atoms with Gasteiger partial charge in [0, 0.05) is 17.6 Å². The molecule has 0 bridgehead atoms. The zero-order valence-corrected chi connectivity index (χ0v) is 12.2. The molecule has 0 spiro atoms. The van der Waals surface area contributed by atoms with Gasteiger partial charge in [-0.05, 0) is 19.1 Å². The number of aromatic nitrogens is 4. The molecule has 0 aliphatic carbocycles. The number of H-pyrrole nitrogens is 1. The van der Waals surface area contributed by atoms with Crippen molar-refractivity contribution in [2.75, 3.05) is 5.73 Å². The fourth-order valence-corrected chi connectivity index (χ4v) is 2.99. The molecule has 0 fully saturated rings. The van der Waals surface area contributed by atoms with Gasteiger partial charge in [0.15, 0.2) is 5.16 Å². The van der Waals surface area contributed by atoms with Crippen LogP contribution in [-0.2, 0) is 0 Å². The van der Waals surface area contributed by atoms with Gasteiger partial charge in [-0.2, -0.15) is 0 Å². The van der Waals surface area contributed by atoms with Gasteiger partial charge >= 0.3 is 0 Å². The Labute approximate surface area is 125 Å². The molecule has 0 saturated carbocycles. The smallest absolute Gasteiger partial charge is 0.191 e. The van der Waals surface area contributed by atoms with Crippen LogP contribution < -0.4 is 5.73 Å². The molecular formula is C13H12ClN5S. The van der Waals surface area contributed by atoms with Crippen LogP contribution in [0.25, 0.3) is 10.9 Å². The lowest BCUT2D eigenvalue weighted by atomic mass is 10.2. The highest BCUT2D eigenvalue weighted by Gasteiger charge is 2.13. The molecule has 3 aromatic rings. The highest BCUT2D eigenvalue weighted by molar-refractivity contribution is 7.99. The fourth-order valence-electron chi connectivity index (χ4n) is 1.87. The number of rotatable bonds is 3. The summed E-state index contributed by atoms with van der Waals surface area (Å²) in [5.74, 6) is 0.369. The Bertz CT molecular complexity index is 737. The van der Waals surface area contributed by atoms with Crippen molar-refractivity contribution in [2.45, 2.75) is 17.3 Å². The van der Waals surface area contributed by atoms with Gasteiger partial charge in [0.05, 0.1) is 22.7 Å². The molecule has 0 aliphatic rings. The predicted octanol–water partition coefficient (Wildman–Crippen LogP) is 3.44. The molecule has 0 radical (unpaired) electrons. The molecule has 0 amide bonds. The van der Waals surface area contributed by atoms with Crippen molar-refractivity contribution in [3.8, 4) is 0 Å². The van der Waals surface area contributed by atoms with Crippen molar-refractivity contribution in [3.63, 3.8) is 0 Å². The maximum Gasteiger partial charge on any atom is 0.191 e. The van der Waals surface area contributed by atoms with Crippen molar-refractivity contribution >= 4 is 40.1 Å². The van der Waals surface area contributed by atoms with Gasteiger partial charge in [0.25, 0.3) is 0 Å². The zero-order chi connectivity index (χ0) is 14.1. The number of halogens is 1. The van der Waals surface area contributed by atoms with Gasteiger partial charge in [-0.3, -0.25) is 4.98 Å². The quantitative estimate of drug-likeness (QED) is 0.440. The summed E-state index contributed by atoms with van der Waals surface area (Å²) in [6.45, 7) is 2.05. The molecular weight excluding hydrogens is 294 g/mol. The Morgan fingerprint density at radius 3 is 3.00 bits per heavy atom. The van der Waals surface area contributed by atoms with Gasteiger partial charge in [-0.25, -0.2) is 9.97 Å². The Morgan fingerprint density at radius 1 is 1.35 bits per heavy atom. The van der Waals surface area contributed by atoms with Crippen LogP contribution >= 0.6 is 23.4 Å². The molecule has 20 heavy (non-hydrogen) atoms. The first-order valence-electron chi connectivity index (χ1n) is 6.01. The molecule has 7 heteroatoms. The molecule has 3 heterocycles. The molecule has 1 atom stereocenters. The molecule has 3 N–H and O–H groups in total. The van der Waals surface area contributed by atoms with E-state index in [2.05, 4.69) is 26.0 Å². The van der Waals surface area contributed by atoms with Gasteiger partial charge in [-0.15, -0.1) is 0 Å². The maximum atomic E-state index is 5.88. The number of nitrogens with one attached hydrogen (secondary N) is 1. The molecule has 5 nitrogen and oxygen atoms in total. The second kappa shape index (κ2) is 5.30. The van der Waals surface area contributed by atoms with E-state index in [4.69, 9.17) is 17.3 Å². The Morgan fingerprint density at radius 2 is 2.20 bits per heavy atom. The van der Waals surface area contributed by atoms with Crippen LogP contribution in [0, 0.1) is 0 Å². The Kier molecular flexibility index (Phi) is 3.50. The van der Waals surface area contributed by atoms with Gasteiger partial charge in [0.1, 0.15) is 11.0 Å². The second-order valence-electron chi connectivity index (χ2n) is 4.33. The van der Waals surface area contributed by atoms with Crippen LogP contribution in [0.4, 0.5) is 5.82 Å². The monoisotopic (exact) mass is 305 g/mol. The normalized spacial score (nSPS) is 12.7. The summed E-state index contributed by atoms with van der Waals surface area (Å²) in [5, 5.41) is 2.14. The van der Waals surface area contributed by atoms with Gasteiger partial charge in [-0.1, -0.05) is 23.4 Å². The first kappa shape index (κ1) is 13.2. The van der Waals surface area contributed by atoms with E-state index in [9.17, 15) is 0 Å². The van der Waals surface area contributed by atoms with Crippen LogP contribution in [0.5, 0.6) is 0 Å². The van der Waals surface area contributed by atoms with E-state index in [0.29, 0.717) is 16.1 Å². The summed E-state index contributed by atoms with van der Waals surface area (Å²) in [4.78, 5) is 15.9. The number of thioether (sulfide) groups is 1. The summed E-state index contributed by atoms with van der Waals surface area (Å²) < 4.78 is 0. The number of fused-ring (bicyclic) bond motifs is 1. The molecule has 0 aromatic carbocycles. The lowest BCUT2D eigenvalue weighted by molar-refractivity contribution is 0.947. The number of anilines is 1. The van der Waals surface area contributed by atoms with Crippen LogP contribution in [0.3, 0.4) is 0 Å². The summed E-state index contributed by atoms with van der Waals surface area (Å²) in [6.07, 6.45) is 3.73. The number of nitrogens with zero attached hydrogens (tertiary/aromatic N) is 3. The second-order valence-corrected chi connectivity index (χ2v) is 6.03. The maximum absolute atomic E-state index is 5.88. The predicted molar refractivity (Wildman–Crippen MR) is 81.8 cm³/mol. The number of hydrogen-bond acceptors (Lipinski definition) is 5. The lowest BCUT2D eigenvalue weighted by Crippen LogP contribution is -1.98. The first-order valence-corrected chi connectivity index (χ1v) is 7.27. The van der Waals surface area contributed by atoms with E-state index >= 15 is 0 Å². The molecule has 1 unspecified atom stereocenters. The standard InChI is InChI=1S/C13H12ClN5S/c1-7(20-13-18-11(14)5-12(15)19-13)9-4-8-2-3-16-10(8)6-17-9/h2-7,16H,1H3,(H2,15,18,19). The van der Waals surface area contributed by atoms with E-state index in [1.165, 1.54) is 17.8 Å². The molecule has 0 saturated heterocycles. The van der Waals surface area contributed by atoms with Crippen molar-refractivity contribution in [1.82, 2.24) is 19.9 Å². The summed E-state index contributed by atoms with van der Waals surface area (Å²) in [6, 6.07) is 5.60. The number of hydrogen-bond donors (Lipinski definition) is 2. The molecule has 0 aliphatic heterocycles. The lowest BCUT2D eigenvalue weighted by Gasteiger charge is -2.10. The van der Waals surface area contributed by atoms with E-state index in [0.717, 1.165) is 16.6 Å². The third-order valence-corrected chi connectivity index (χ3v) is 4.03.